The minimum absolute atomic E-state index is 0.227. The summed E-state index contributed by atoms with van der Waals surface area (Å²) in [5.74, 6) is -0.420. The van der Waals surface area contributed by atoms with Crippen molar-refractivity contribution in [2.45, 2.75) is 6.54 Å². The number of aromatic nitrogens is 4. The first-order valence-electron chi connectivity index (χ1n) is 4.34. The average molecular weight is 208 g/mol. The number of hydrogen-bond donors (Lipinski definition) is 0. The summed E-state index contributed by atoms with van der Waals surface area (Å²) in [6, 6.07) is 1.33. The smallest absolute Gasteiger partial charge is 0.285 e. The van der Waals surface area contributed by atoms with E-state index in [4.69, 9.17) is 0 Å². The van der Waals surface area contributed by atoms with Gasteiger partial charge in [0.2, 0.25) is 0 Å². The summed E-state index contributed by atoms with van der Waals surface area (Å²) in [5, 5.41) is 3.86. The Hall–Kier alpha value is -1.98. The van der Waals surface area contributed by atoms with Gasteiger partial charge in [-0.1, -0.05) is 0 Å². The molecule has 0 N–H and O–H groups in total. The molecule has 0 saturated carbocycles. The van der Waals surface area contributed by atoms with Crippen LogP contribution in [-0.2, 0) is 13.6 Å². The first-order chi connectivity index (χ1) is 7.16. The molecule has 2 aromatic heterocycles. The van der Waals surface area contributed by atoms with Crippen LogP contribution < -0.4 is 5.69 Å². The lowest BCUT2D eigenvalue weighted by molar-refractivity contribution is 0.606. The van der Waals surface area contributed by atoms with E-state index < -0.39 is 5.82 Å². The second-order valence-electron chi connectivity index (χ2n) is 3.19. The van der Waals surface area contributed by atoms with Gasteiger partial charge in [-0.2, -0.15) is 5.10 Å². The minimum Gasteiger partial charge on any atom is -0.285 e. The third kappa shape index (κ3) is 1.93. The molecule has 2 aromatic rings. The van der Waals surface area contributed by atoms with Crippen LogP contribution in [0.25, 0.3) is 0 Å². The van der Waals surface area contributed by atoms with E-state index in [-0.39, 0.29) is 12.2 Å². The highest BCUT2D eigenvalue weighted by Crippen LogP contribution is 2.01. The largest absolute Gasteiger partial charge is 0.345 e. The molecule has 0 radical (unpaired) electrons. The summed E-state index contributed by atoms with van der Waals surface area (Å²) >= 11 is 0. The van der Waals surface area contributed by atoms with Gasteiger partial charge in [0, 0.05) is 13.2 Å². The second-order valence-corrected chi connectivity index (χ2v) is 3.19. The average Bonchev–Trinajstić information content (AvgIpc) is 2.50. The molecule has 0 fully saturated rings. The van der Waals surface area contributed by atoms with Gasteiger partial charge in [0.1, 0.15) is 12.1 Å². The summed E-state index contributed by atoms with van der Waals surface area (Å²) in [4.78, 5) is 15.1. The zero-order chi connectivity index (χ0) is 10.8. The number of hydrogen-bond acceptors (Lipinski definition) is 3. The van der Waals surface area contributed by atoms with E-state index in [0.29, 0.717) is 5.56 Å². The molecule has 0 atom stereocenters. The molecule has 5 nitrogen and oxygen atoms in total. The summed E-state index contributed by atoms with van der Waals surface area (Å²) in [5.41, 5.74) is 0.370. The van der Waals surface area contributed by atoms with E-state index in [2.05, 4.69) is 10.1 Å². The third-order valence-electron chi connectivity index (χ3n) is 1.98. The fourth-order valence-electron chi connectivity index (χ4n) is 1.24. The zero-order valence-electron chi connectivity index (χ0n) is 8.09. The Bertz CT molecular complexity index is 531. The van der Waals surface area contributed by atoms with Crippen molar-refractivity contribution >= 4 is 0 Å². The summed E-state index contributed by atoms with van der Waals surface area (Å²) in [6.45, 7) is 0.227. The molecule has 0 saturated heterocycles. The maximum atomic E-state index is 12.8. The Balaban J connectivity index is 2.30. The lowest BCUT2D eigenvalue weighted by Gasteiger charge is -1.99. The number of aryl methyl sites for hydroxylation is 1. The van der Waals surface area contributed by atoms with E-state index in [1.807, 2.05) is 0 Å². The van der Waals surface area contributed by atoms with Gasteiger partial charge in [-0.15, -0.1) is 0 Å². The molecule has 0 aliphatic heterocycles. The molecule has 0 spiro atoms. The lowest BCUT2D eigenvalue weighted by Crippen LogP contribution is -2.23. The highest BCUT2D eigenvalue weighted by molar-refractivity contribution is 5.10. The second kappa shape index (κ2) is 3.64. The van der Waals surface area contributed by atoms with Crippen LogP contribution in [0.5, 0.6) is 0 Å². The van der Waals surface area contributed by atoms with Gasteiger partial charge < -0.3 is 0 Å². The van der Waals surface area contributed by atoms with Crippen LogP contribution >= 0.6 is 0 Å². The Labute approximate surface area is 84.8 Å². The maximum absolute atomic E-state index is 12.8. The van der Waals surface area contributed by atoms with E-state index in [1.54, 1.807) is 7.05 Å². The molecular weight excluding hydrogens is 199 g/mol. The van der Waals surface area contributed by atoms with Gasteiger partial charge in [0.25, 0.3) is 0 Å². The van der Waals surface area contributed by atoms with Crippen LogP contribution in [0.15, 0.2) is 29.6 Å². The molecule has 0 bridgehead atoms. The number of halogens is 1. The van der Waals surface area contributed by atoms with Crippen molar-refractivity contribution in [3.8, 4) is 0 Å². The Morgan fingerprint density at radius 3 is 2.87 bits per heavy atom. The number of rotatable bonds is 2. The van der Waals surface area contributed by atoms with Gasteiger partial charge in [-0.3, -0.25) is 9.55 Å². The molecule has 15 heavy (non-hydrogen) atoms. The zero-order valence-corrected chi connectivity index (χ0v) is 8.09. The molecule has 2 rings (SSSR count). The van der Waals surface area contributed by atoms with Crippen LogP contribution in [-0.4, -0.2) is 19.3 Å². The molecular formula is C9H9FN4O. The summed E-state index contributed by atoms with van der Waals surface area (Å²) in [7, 11) is 1.61. The highest BCUT2D eigenvalue weighted by atomic mass is 19.1. The highest BCUT2D eigenvalue weighted by Gasteiger charge is 2.03. The molecule has 2 heterocycles. The maximum Gasteiger partial charge on any atom is 0.345 e. The first kappa shape index (κ1) is 9.57. The molecule has 0 aliphatic carbocycles. The van der Waals surface area contributed by atoms with E-state index in [1.165, 1.54) is 27.8 Å². The van der Waals surface area contributed by atoms with E-state index >= 15 is 0 Å². The van der Waals surface area contributed by atoms with Crippen LogP contribution in [0.2, 0.25) is 0 Å². The van der Waals surface area contributed by atoms with Crippen molar-refractivity contribution in [2.75, 3.05) is 0 Å². The van der Waals surface area contributed by atoms with Gasteiger partial charge in [0.15, 0.2) is 0 Å². The Morgan fingerprint density at radius 1 is 1.47 bits per heavy atom. The van der Waals surface area contributed by atoms with Crippen molar-refractivity contribution in [1.29, 1.82) is 0 Å². The predicted molar refractivity (Wildman–Crippen MR) is 50.8 cm³/mol. The fraction of sp³-hybridized carbons (Fsp3) is 0.222. The molecule has 78 valence electrons. The van der Waals surface area contributed by atoms with Gasteiger partial charge in [-0.25, -0.2) is 13.9 Å². The van der Waals surface area contributed by atoms with Gasteiger partial charge in [-0.05, 0) is 11.6 Å². The van der Waals surface area contributed by atoms with Crippen LogP contribution in [0.1, 0.15) is 5.56 Å². The fourth-order valence-corrected chi connectivity index (χ4v) is 1.24. The summed E-state index contributed by atoms with van der Waals surface area (Å²) < 4.78 is 15.4. The monoisotopic (exact) mass is 208 g/mol. The quantitative estimate of drug-likeness (QED) is 0.706. The van der Waals surface area contributed by atoms with Crippen molar-refractivity contribution in [3.63, 3.8) is 0 Å². The van der Waals surface area contributed by atoms with Crippen molar-refractivity contribution in [1.82, 2.24) is 19.3 Å². The number of nitrogens with zero attached hydrogens (tertiary/aromatic N) is 4. The number of pyridine rings is 1. The molecule has 0 unspecified atom stereocenters. The van der Waals surface area contributed by atoms with E-state index in [0.717, 1.165) is 6.20 Å². The Kier molecular flexibility index (Phi) is 2.32. The molecule has 0 aliphatic rings. The van der Waals surface area contributed by atoms with Crippen LogP contribution in [0, 0.1) is 5.82 Å². The van der Waals surface area contributed by atoms with Crippen LogP contribution in [0.3, 0.4) is 0 Å². The minimum atomic E-state index is -0.420. The van der Waals surface area contributed by atoms with Gasteiger partial charge >= 0.3 is 5.69 Å². The van der Waals surface area contributed by atoms with E-state index in [9.17, 15) is 9.18 Å². The van der Waals surface area contributed by atoms with Crippen molar-refractivity contribution < 1.29 is 4.39 Å². The van der Waals surface area contributed by atoms with Crippen LogP contribution in [0.4, 0.5) is 4.39 Å². The third-order valence-corrected chi connectivity index (χ3v) is 1.98. The lowest BCUT2D eigenvalue weighted by atomic mass is 10.3. The van der Waals surface area contributed by atoms with Crippen molar-refractivity contribution in [3.05, 3.63) is 46.7 Å². The predicted octanol–water partition coefficient (Wildman–Crippen LogP) is 0.164. The van der Waals surface area contributed by atoms with Crippen molar-refractivity contribution in [2.24, 2.45) is 7.05 Å². The molecule has 0 aromatic carbocycles. The normalized spacial score (nSPS) is 10.5. The standard InChI is InChI=1S/C9H9FN4O/c1-13-6-12-14(9(13)15)5-7-2-8(10)4-11-3-7/h2-4,6H,5H2,1H3. The topological polar surface area (TPSA) is 52.7 Å². The first-order valence-corrected chi connectivity index (χ1v) is 4.34. The summed E-state index contributed by atoms with van der Waals surface area (Å²) in [6.07, 6.45) is 4.03. The van der Waals surface area contributed by atoms with Gasteiger partial charge in [0.05, 0.1) is 12.7 Å². The Morgan fingerprint density at radius 2 is 2.27 bits per heavy atom. The SMILES string of the molecule is Cn1cnn(Cc2cncc(F)c2)c1=O. The molecule has 6 heteroatoms. The molecule has 0 amide bonds.